The van der Waals surface area contributed by atoms with Crippen molar-refractivity contribution in [3.8, 4) is 0 Å². The van der Waals surface area contributed by atoms with Gasteiger partial charge in [0, 0.05) is 32.7 Å². The van der Waals surface area contributed by atoms with Crippen LogP contribution in [0.1, 0.15) is 20.3 Å². The molecule has 19 heavy (non-hydrogen) atoms. The average molecular weight is 270 g/mol. The Morgan fingerprint density at radius 2 is 1.74 bits per heavy atom. The molecular formula is C13H22N2O4. The van der Waals surface area contributed by atoms with Crippen LogP contribution in [0.4, 0.5) is 0 Å². The number of piperazine rings is 1. The summed E-state index contributed by atoms with van der Waals surface area (Å²) in [5.74, 6) is -1.66. The molecule has 108 valence electrons. The number of carboxylic acid groups (broad SMARTS) is 1. The number of carboxylic acids is 1. The molecule has 6 nitrogen and oxygen atoms in total. The molecule has 1 amide bonds. The van der Waals surface area contributed by atoms with Crippen molar-refractivity contribution in [1.82, 2.24) is 9.80 Å². The van der Waals surface area contributed by atoms with Crippen LogP contribution >= 0.6 is 0 Å². The molecule has 2 fully saturated rings. The minimum Gasteiger partial charge on any atom is -0.481 e. The van der Waals surface area contributed by atoms with Crippen molar-refractivity contribution in [3.63, 3.8) is 0 Å². The molecule has 0 aromatic carbocycles. The van der Waals surface area contributed by atoms with Gasteiger partial charge in [-0.05, 0) is 20.3 Å². The van der Waals surface area contributed by atoms with Gasteiger partial charge >= 0.3 is 5.97 Å². The molecule has 0 aromatic heterocycles. The van der Waals surface area contributed by atoms with Crippen molar-refractivity contribution in [3.05, 3.63) is 0 Å². The van der Waals surface area contributed by atoms with Gasteiger partial charge in [-0.25, -0.2) is 0 Å². The first-order valence-corrected chi connectivity index (χ1v) is 6.74. The predicted octanol–water partition coefficient (Wildman–Crippen LogP) is -0.378. The summed E-state index contributed by atoms with van der Waals surface area (Å²) < 4.78 is 0. The molecule has 1 saturated heterocycles. The molecule has 1 saturated carbocycles. The van der Waals surface area contributed by atoms with Crippen molar-refractivity contribution in [2.24, 2.45) is 11.8 Å². The zero-order valence-corrected chi connectivity index (χ0v) is 11.5. The van der Waals surface area contributed by atoms with Crippen molar-refractivity contribution >= 4 is 11.9 Å². The van der Waals surface area contributed by atoms with Crippen LogP contribution in [0, 0.1) is 11.8 Å². The van der Waals surface area contributed by atoms with Crippen LogP contribution < -0.4 is 0 Å². The molecule has 1 aliphatic carbocycles. The van der Waals surface area contributed by atoms with Gasteiger partial charge in [0.15, 0.2) is 0 Å². The van der Waals surface area contributed by atoms with E-state index in [9.17, 15) is 14.7 Å². The van der Waals surface area contributed by atoms with Crippen LogP contribution in [-0.2, 0) is 9.59 Å². The number of hydrogen-bond donors (Lipinski definition) is 2. The number of aliphatic carboxylic acids is 1. The highest BCUT2D eigenvalue weighted by atomic mass is 16.4. The van der Waals surface area contributed by atoms with E-state index in [1.165, 1.54) is 0 Å². The van der Waals surface area contributed by atoms with E-state index >= 15 is 0 Å². The molecule has 2 rings (SSSR count). The molecule has 1 aliphatic heterocycles. The number of aliphatic hydroxyl groups is 1. The van der Waals surface area contributed by atoms with Gasteiger partial charge in [-0.15, -0.1) is 0 Å². The Morgan fingerprint density at radius 3 is 2.16 bits per heavy atom. The van der Waals surface area contributed by atoms with Crippen LogP contribution in [0.15, 0.2) is 0 Å². The van der Waals surface area contributed by atoms with E-state index in [1.807, 2.05) is 0 Å². The van der Waals surface area contributed by atoms with E-state index in [2.05, 4.69) is 4.90 Å². The lowest BCUT2D eigenvalue weighted by Crippen LogP contribution is -2.52. The number of β-amino-alcohol motifs (C(OH)–C–C–N with tert-alkyl or cyclic N) is 1. The predicted molar refractivity (Wildman–Crippen MR) is 68.6 cm³/mol. The highest BCUT2D eigenvalue weighted by Gasteiger charge is 2.50. The highest BCUT2D eigenvalue weighted by molar-refractivity contribution is 5.89. The maximum Gasteiger partial charge on any atom is 0.307 e. The van der Waals surface area contributed by atoms with E-state index in [-0.39, 0.29) is 11.8 Å². The van der Waals surface area contributed by atoms with Gasteiger partial charge in [-0.2, -0.15) is 0 Å². The zero-order chi connectivity index (χ0) is 14.2. The average Bonchev–Trinajstić information content (AvgIpc) is 3.07. The van der Waals surface area contributed by atoms with Gasteiger partial charge in [-0.3, -0.25) is 14.5 Å². The van der Waals surface area contributed by atoms with Crippen molar-refractivity contribution in [2.75, 3.05) is 32.7 Å². The Hall–Kier alpha value is -1.14. The standard InChI is InChI=1S/C13H22N2O4/c1-13(2,19)8-14-3-5-15(6-4-14)11(16)9-7-10(9)12(17)18/h9-10,19H,3-8H2,1-2H3,(H,17,18). The van der Waals surface area contributed by atoms with Gasteiger partial charge < -0.3 is 15.1 Å². The summed E-state index contributed by atoms with van der Waals surface area (Å²) in [5, 5.41) is 18.6. The van der Waals surface area contributed by atoms with Crippen LogP contribution in [-0.4, -0.2) is 70.2 Å². The van der Waals surface area contributed by atoms with E-state index < -0.39 is 17.5 Å². The SMILES string of the molecule is CC(C)(O)CN1CCN(C(=O)C2CC2C(=O)O)CC1. The molecule has 0 bridgehead atoms. The second kappa shape index (κ2) is 5.09. The second-order valence-corrected chi connectivity index (χ2v) is 6.20. The topological polar surface area (TPSA) is 81.1 Å². The van der Waals surface area contributed by atoms with Crippen molar-refractivity contribution in [1.29, 1.82) is 0 Å². The summed E-state index contributed by atoms with van der Waals surface area (Å²) >= 11 is 0. The lowest BCUT2D eigenvalue weighted by molar-refractivity contribution is -0.142. The minimum atomic E-state index is -0.862. The smallest absolute Gasteiger partial charge is 0.307 e. The van der Waals surface area contributed by atoms with Gasteiger partial charge in [0.2, 0.25) is 5.91 Å². The molecule has 0 aromatic rings. The molecule has 2 atom stereocenters. The lowest BCUT2D eigenvalue weighted by atomic mass is 10.1. The fourth-order valence-electron chi connectivity index (χ4n) is 2.65. The van der Waals surface area contributed by atoms with Gasteiger partial charge in [0.1, 0.15) is 0 Å². The first-order valence-electron chi connectivity index (χ1n) is 6.74. The molecule has 0 radical (unpaired) electrons. The Kier molecular flexibility index (Phi) is 3.82. The van der Waals surface area contributed by atoms with Gasteiger partial charge in [0.05, 0.1) is 17.4 Å². The molecule has 6 heteroatoms. The first kappa shape index (κ1) is 14.3. The molecular weight excluding hydrogens is 248 g/mol. The highest BCUT2D eigenvalue weighted by Crippen LogP contribution is 2.40. The van der Waals surface area contributed by atoms with E-state index in [1.54, 1.807) is 18.7 Å². The number of carbonyl (C=O) groups is 2. The third kappa shape index (κ3) is 3.67. The minimum absolute atomic E-state index is 0.0182. The van der Waals surface area contributed by atoms with E-state index in [0.717, 1.165) is 13.1 Å². The van der Waals surface area contributed by atoms with Crippen molar-refractivity contribution < 1.29 is 19.8 Å². The Balaban J connectivity index is 1.78. The third-order valence-electron chi connectivity index (χ3n) is 3.72. The number of hydrogen-bond acceptors (Lipinski definition) is 4. The normalized spacial score (nSPS) is 28.3. The fraction of sp³-hybridized carbons (Fsp3) is 0.846. The summed E-state index contributed by atoms with van der Waals surface area (Å²) in [6.45, 7) is 6.85. The van der Waals surface area contributed by atoms with Gasteiger partial charge in [-0.1, -0.05) is 0 Å². The number of carbonyl (C=O) groups excluding carboxylic acids is 1. The Morgan fingerprint density at radius 1 is 1.16 bits per heavy atom. The molecule has 1 heterocycles. The summed E-state index contributed by atoms with van der Waals surface area (Å²) in [6.07, 6.45) is 0.484. The molecule has 2 N–H and O–H groups in total. The largest absolute Gasteiger partial charge is 0.481 e. The maximum absolute atomic E-state index is 12.1. The maximum atomic E-state index is 12.1. The Labute approximate surface area is 113 Å². The number of nitrogens with zero attached hydrogens (tertiary/aromatic N) is 2. The summed E-state index contributed by atoms with van der Waals surface area (Å²) in [4.78, 5) is 26.7. The lowest BCUT2D eigenvalue weighted by Gasteiger charge is -2.37. The van der Waals surface area contributed by atoms with Crippen LogP contribution in [0.25, 0.3) is 0 Å². The second-order valence-electron chi connectivity index (χ2n) is 6.20. The van der Waals surface area contributed by atoms with Crippen LogP contribution in [0.3, 0.4) is 0 Å². The van der Waals surface area contributed by atoms with Crippen LogP contribution in [0.5, 0.6) is 0 Å². The summed E-state index contributed by atoms with van der Waals surface area (Å²) in [6, 6.07) is 0. The number of rotatable bonds is 4. The first-order chi connectivity index (χ1) is 8.78. The summed E-state index contributed by atoms with van der Waals surface area (Å²) in [7, 11) is 0. The molecule has 2 aliphatic rings. The third-order valence-corrected chi connectivity index (χ3v) is 3.72. The summed E-state index contributed by atoms with van der Waals surface area (Å²) in [5.41, 5.74) is -0.725. The van der Waals surface area contributed by atoms with Gasteiger partial charge in [0.25, 0.3) is 0 Å². The van der Waals surface area contributed by atoms with E-state index in [4.69, 9.17) is 5.11 Å². The van der Waals surface area contributed by atoms with E-state index in [0.29, 0.717) is 26.1 Å². The quantitative estimate of drug-likeness (QED) is 0.728. The zero-order valence-electron chi connectivity index (χ0n) is 11.5. The fourth-order valence-corrected chi connectivity index (χ4v) is 2.65. The van der Waals surface area contributed by atoms with Crippen molar-refractivity contribution in [2.45, 2.75) is 25.9 Å². The molecule has 2 unspecified atom stereocenters. The Bertz CT molecular complexity index is 369. The molecule has 0 spiro atoms. The van der Waals surface area contributed by atoms with Crippen LogP contribution in [0.2, 0.25) is 0 Å². The number of amides is 1. The monoisotopic (exact) mass is 270 g/mol.